The number of primary amides is 1. The molecule has 2 amide bonds. The summed E-state index contributed by atoms with van der Waals surface area (Å²) in [5.41, 5.74) is 23.8. The number of pyridine rings is 3. The van der Waals surface area contributed by atoms with Crippen LogP contribution in [-0.2, 0) is 33.6 Å². The monoisotopic (exact) mass is 1430 g/mol. The van der Waals surface area contributed by atoms with Gasteiger partial charge >= 0.3 is 5.97 Å². The highest BCUT2D eigenvalue weighted by Gasteiger charge is 2.30. The Labute approximate surface area is 625 Å². The number of Topliss-reactive ketones (excluding diaryl/α,β-unsaturated/α-hetero) is 3. The van der Waals surface area contributed by atoms with Gasteiger partial charge in [-0.1, -0.05) is 77.9 Å². The number of nitrogens with zero attached hydrogens (tertiary/aromatic N) is 13. The van der Waals surface area contributed by atoms with E-state index in [1.54, 1.807) is 36.4 Å². The van der Waals surface area contributed by atoms with Crippen molar-refractivity contribution < 1.29 is 33.9 Å². The zero-order chi connectivity index (χ0) is 73.6. The molecule has 0 radical (unpaired) electrons. The molecule has 3 aliphatic rings. The maximum absolute atomic E-state index is 13.7. The zero-order valence-electron chi connectivity index (χ0n) is 60.8. The third-order valence-corrected chi connectivity index (χ3v) is 20.4. The number of carboxylic acids is 1. The molecule has 3 aliphatic heterocycles. The van der Waals surface area contributed by atoms with Crippen molar-refractivity contribution >= 4 is 85.3 Å². The molecule has 3 aromatic carbocycles. The van der Waals surface area contributed by atoms with Gasteiger partial charge < -0.3 is 29.4 Å². The second-order valence-electron chi connectivity index (χ2n) is 27.3. The third-order valence-electron chi connectivity index (χ3n) is 20.4. The molecule has 21 nitrogen and oxygen atoms in total. The van der Waals surface area contributed by atoms with Crippen molar-refractivity contribution in [3.05, 3.63) is 193 Å². The van der Waals surface area contributed by atoms with Gasteiger partial charge in [0.15, 0.2) is 34.4 Å². The normalized spacial score (nSPS) is 13.8. The summed E-state index contributed by atoms with van der Waals surface area (Å²) in [6.45, 7) is 45.6. The van der Waals surface area contributed by atoms with Crippen molar-refractivity contribution in [1.82, 2.24) is 48.3 Å². The van der Waals surface area contributed by atoms with Crippen LogP contribution in [0.3, 0.4) is 0 Å². The van der Waals surface area contributed by atoms with E-state index in [0.29, 0.717) is 109 Å². The minimum Gasteiger partial charge on any atom is -0.481 e. The van der Waals surface area contributed by atoms with E-state index in [9.17, 15) is 28.8 Å². The van der Waals surface area contributed by atoms with E-state index in [1.165, 1.54) is 19.3 Å². The zero-order valence-corrected chi connectivity index (χ0v) is 60.8. The lowest BCUT2D eigenvalue weighted by Gasteiger charge is -2.25. The van der Waals surface area contributed by atoms with Crippen LogP contribution >= 0.6 is 0 Å². The van der Waals surface area contributed by atoms with Crippen LogP contribution in [0.4, 0.5) is 17.1 Å². The highest BCUT2D eigenvalue weighted by atomic mass is 16.4. The van der Waals surface area contributed by atoms with Crippen molar-refractivity contribution in [2.45, 2.75) is 174 Å². The molecule has 3 N–H and O–H groups in total. The van der Waals surface area contributed by atoms with E-state index >= 15 is 0 Å². The number of aryl methyl sites for hydroxylation is 6. The van der Waals surface area contributed by atoms with Crippen molar-refractivity contribution in [1.29, 1.82) is 0 Å². The van der Waals surface area contributed by atoms with E-state index in [1.807, 2.05) is 118 Å². The first-order chi connectivity index (χ1) is 49.6. The Morgan fingerprint density at radius 2 is 0.708 bits per heavy atom. The number of piperidine rings is 3. The first kappa shape index (κ1) is 82.8. The van der Waals surface area contributed by atoms with E-state index in [0.717, 1.165) is 162 Å². The lowest BCUT2D eigenvalue weighted by Crippen LogP contribution is -2.34. The molecular formula is C85H106N14O7. The first-order valence-corrected chi connectivity index (χ1v) is 36.2. The minimum atomic E-state index is -0.854. The Morgan fingerprint density at radius 3 is 0.962 bits per heavy atom. The van der Waals surface area contributed by atoms with Crippen LogP contribution in [0.5, 0.6) is 0 Å². The fraction of sp³-hybridized carbons (Fsp3) is 0.435. The molecule has 0 spiro atoms. The summed E-state index contributed by atoms with van der Waals surface area (Å²) in [5.74, 6) is -0.837. The van der Waals surface area contributed by atoms with Gasteiger partial charge in [0.05, 0.1) is 89.1 Å². The van der Waals surface area contributed by atoms with Gasteiger partial charge in [-0.2, -0.15) is 0 Å². The van der Waals surface area contributed by atoms with Gasteiger partial charge in [0.25, 0.3) is 0 Å². The number of ketones is 3. The Bertz CT molecular complexity index is 4570. The molecule has 21 heteroatoms. The number of carbonyl (C=O) groups excluding carboxylic acids is 5. The van der Waals surface area contributed by atoms with Crippen molar-refractivity contribution in [2.75, 3.05) is 72.0 Å². The molecule has 9 heterocycles. The molecule has 3 saturated heterocycles. The fourth-order valence-electron chi connectivity index (χ4n) is 14.8. The summed E-state index contributed by atoms with van der Waals surface area (Å²) >= 11 is 0. The number of amides is 2. The van der Waals surface area contributed by atoms with Gasteiger partial charge in [0, 0.05) is 83.6 Å². The molecule has 12 rings (SSSR count). The summed E-state index contributed by atoms with van der Waals surface area (Å²) in [5, 5.41) is 9.14. The average Bonchev–Trinajstić information content (AvgIpc) is 1.61. The number of likely N-dealkylation sites (tertiary alicyclic amines) is 3. The molecule has 0 aliphatic carbocycles. The number of nitrogens with two attached hydrogens (primary N) is 1. The highest BCUT2D eigenvalue weighted by Crippen LogP contribution is 2.36. The summed E-state index contributed by atoms with van der Waals surface area (Å²) < 4.78 is 6.12. The van der Waals surface area contributed by atoms with Gasteiger partial charge in [-0.3, -0.25) is 58.4 Å². The van der Waals surface area contributed by atoms with Crippen LogP contribution in [0.1, 0.15) is 195 Å². The van der Waals surface area contributed by atoms with Gasteiger partial charge in [-0.15, -0.1) is 0 Å². The largest absolute Gasteiger partial charge is 0.481 e. The highest BCUT2D eigenvalue weighted by molar-refractivity contribution is 6.11. The van der Waals surface area contributed by atoms with Crippen LogP contribution in [0.2, 0.25) is 0 Å². The number of carboxylic acid groups (broad SMARTS) is 1. The molecule has 558 valence electrons. The molecule has 0 bridgehead atoms. The van der Waals surface area contributed by atoms with Crippen LogP contribution in [0, 0.1) is 61.3 Å². The van der Waals surface area contributed by atoms with E-state index in [2.05, 4.69) is 39.9 Å². The average molecular weight is 1440 g/mol. The van der Waals surface area contributed by atoms with Gasteiger partial charge in [0.2, 0.25) is 11.8 Å². The van der Waals surface area contributed by atoms with Crippen molar-refractivity contribution in [3.8, 4) is 17.1 Å². The molecule has 0 saturated carbocycles. The van der Waals surface area contributed by atoms with Crippen molar-refractivity contribution in [2.24, 2.45) is 5.73 Å². The van der Waals surface area contributed by atoms with E-state index in [-0.39, 0.29) is 64.3 Å². The van der Waals surface area contributed by atoms with Crippen LogP contribution < -0.4 is 5.73 Å². The number of hydrogen-bond acceptors (Lipinski definition) is 12. The Balaban J connectivity index is 0.000000219. The smallest absolute Gasteiger partial charge is 0.303 e. The fourth-order valence-corrected chi connectivity index (χ4v) is 14.8. The van der Waals surface area contributed by atoms with Crippen molar-refractivity contribution in [3.63, 3.8) is 0 Å². The standard InChI is InChI=1S/C30H37N5O2.C26H29N5O2.C26H28N4O3.3CH4/c1-6-34(7-2)28(37)16-11-23-19-26-30(32-21(23)3)29(27(36)20-33-17-9-8-10-18-33)22(4)35(26)25-14-12-24(31-5)13-15-25;1-17-19(7-12-24(27)33)15-22-26(29-17)25(23(32)16-30-13-5-4-6-14-30)18(2)31(22)21-10-8-20(28-3)9-11-21;1-17-19(7-12-24(32)33)15-22-26(28-17)25(23(31)16-29-13-5-4-6-14-29)18(2)30(22)21-10-8-20(27-3)9-11-21;;;/h12-15,19H,6-11,16-18,20H2,1-4H3;8-11,15H,4-7,12-14,16H2,1-2H3,(H2,27,33);8-11,15H,4-7,12-14,16H2,1-2H3,(H,32,33);3*1H4. The number of carbonyl (C=O) groups is 6. The van der Waals surface area contributed by atoms with Crippen LogP contribution in [0.15, 0.2) is 91.0 Å². The summed E-state index contributed by atoms with van der Waals surface area (Å²) in [6, 6.07) is 28.1. The Morgan fingerprint density at radius 1 is 0.434 bits per heavy atom. The molecule has 106 heavy (non-hydrogen) atoms. The summed E-state index contributed by atoms with van der Waals surface area (Å²) in [7, 11) is 0. The quantitative estimate of drug-likeness (QED) is 0.0449. The van der Waals surface area contributed by atoms with Gasteiger partial charge in [0.1, 0.15) is 0 Å². The molecule has 0 unspecified atom stereocenters. The van der Waals surface area contributed by atoms with Crippen LogP contribution in [-0.4, -0.2) is 160 Å². The molecule has 0 atom stereocenters. The van der Waals surface area contributed by atoms with E-state index < -0.39 is 5.97 Å². The summed E-state index contributed by atoms with van der Waals surface area (Å²) in [4.78, 5) is 109. The number of hydrogen-bond donors (Lipinski definition) is 2. The predicted molar refractivity (Wildman–Crippen MR) is 424 cm³/mol. The second kappa shape index (κ2) is 38.0. The third kappa shape index (κ3) is 19.1. The van der Waals surface area contributed by atoms with Crippen LogP contribution in [0.25, 0.3) is 64.7 Å². The lowest BCUT2D eigenvalue weighted by atomic mass is 10.0. The second-order valence-corrected chi connectivity index (χ2v) is 27.3. The lowest BCUT2D eigenvalue weighted by molar-refractivity contribution is -0.137. The Hall–Kier alpha value is -10.5. The summed E-state index contributed by atoms with van der Waals surface area (Å²) in [6.07, 6.45) is 12.6. The Kier molecular flexibility index (Phi) is 29.7. The molecule has 3 fully saturated rings. The first-order valence-electron chi connectivity index (χ1n) is 36.2. The maximum atomic E-state index is 13.7. The topological polar surface area (TPSA) is 228 Å². The van der Waals surface area contributed by atoms with Gasteiger partial charge in [-0.25, -0.2) is 14.5 Å². The van der Waals surface area contributed by atoms with Gasteiger partial charge in [-0.05, 0) is 224 Å². The number of aliphatic carboxylic acids is 1. The number of benzene rings is 3. The SMILES string of the molecule is C.C.C.[C-]#[N+]c1ccc(-n2c(C)c(C(=O)CN3CCCCC3)c3nc(C)c(CCC(=O)N(CC)CC)cc32)cc1.[C-]#[N+]c1ccc(-n2c(C)c(C(=O)CN3CCCCC3)c3nc(C)c(CCC(=O)O)cc32)cc1.[C-]#[N+]c1ccc(-n2c(C)c(C(=O)CN3CCCCC3)c3nc(C)c(CCC(N)=O)cc32)cc1. The number of aromatic nitrogens is 6. The van der Waals surface area contributed by atoms with E-state index in [4.69, 9.17) is 45.5 Å². The molecule has 6 aromatic heterocycles. The molecule has 9 aromatic rings. The molecular weight excluding hydrogens is 1330 g/mol. The number of rotatable bonds is 23. The maximum Gasteiger partial charge on any atom is 0.303 e. The predicted octanol–water partition coefficient (Wildman–Crippen LogP) is 16.7. The number of fused-ring (bicyclic) bond motifs is 3. The minimum absolute atomic E-state index is 0.